The summed E-state index contributed by atoms with van der Waals surface area (Å²) in [6.45, 7) is 6.34. The van der Waals surface area contributed by atoms with E-state index in [1.54, 1.807) is 6.07 Å². The van der Waals surface area contributed by atoms with Crippen molar-refractivity contribution >= 4 is 11.6 Å². The van der Waals surface area contributed by atoms with Crippen LogP contribution in [0.25, 0.3) is 0 Å². The van der Waals surface area contributed by atoms with Gasteiger partial charge in [-0.1, -0.05) is 32.4 Å². The Morgan fingerprint density at radius 2 is 2.06 bits per heavy atom. The Bertz CT molecular complexity index is 363. The van der Waals surface area contributed by atoms with Crippen molar-refractivity contribution in [3.63, 3.8) is 0 Å². The lowest BCUT2D eigenvalue weighted by Gasteiger charge is -2.30. The summed E-state index contributed by atoms with van der Waals surface area (Å²) in [5, 5.41) is 0.587. The second-order valence-electron chi connectivity index (χ2n) is 4.89. The van der Waals surface area contributed by atoms with Crippen LogP contribution in [0.3, 0.4) is 0 Å². The van der Waals surface area contributed by atoms with Crippen molar-refractivity contribution in [2.24, 2.45) is 11.1 Å². The monoisotopic (exact) mass is 243 g/mol. The van der Waals surface area contributed by atoms with Crippen molar-refractivity contribution in [3.05, 3.63) is 34.6 Å². The molecule has 1 rings (SSSR count). The van der Waals surface area contributed by atoms with Gasteiger partial charge in [0, 0.05) is 11.1 Å². The molecular weight excluding hydrogens is 225 g/mol. The van der Waals surface area contributed by atoms with E-state index in [2.05, 4.69) is 20.8 Å². The molecule has 1 aromatic rings. The van der Waals surface area contributed by atoms with Gasteiger partial charge >= 0.3 is 0 Å². The molecule has 3 heteroatoms. The quantitative estimate of drug-likeness (QED) is 0.856. The molecule has 0 heterocycles. The van der Waals surface area contributed by atoms with Gasteiger partial charge in [-0.2, -0.15) is 0 Å². The maximum absolute atomic E-state index is 13.1. The first-order valence-corrected chi connectivity index (χ1v) is 5.94. The van der Waals surface area contributed by atoms with E-state index < -0.39 is 0 Å². The van der Waals surface area contributed by atoms with Gasteiger partial charge in [0.2, 0.25) is 0 Å². The molecule has 1 unspecified atom stereocenters. The van der Waals surface area contributed by atoms with Crippen LogP contribution in [0.4, 0.5) is 4.39 Å². The Morgan fingerprint density at radius 3 is 2.62 bits per heavy atom. The number of hydrogen-bond acceptors (Lipinski definition) is 1. The van der Waals surface area contributed by atoms with Crippen LogP contribution < -0.4 is 5.73 Å². The molecule has 0 amide bonds. The zero-order valence-corrected chi connectivity index (χ0v) is 10.8. The second-order valence-corrected chi connectivity index (χ2v) is 5.30. The molecular formula is C13H19ClFN. The summed E-state index contributed by atoms with van der Waals surface area (Å²) in [6, 6.07) is 4.39. The fourth-order valence-electron chi connectivity index (χ4n) is 1.48. The molecule has 0 aliphatic rings. The summed E-state index contributed by atoms with van der Waals surface area (Å²) in [4.78, 5) is 0. The molecule has 0 saturated carbocycles. The van der Waals surface area contributed by atoms with E-state index in [0.717, 1.165) is 12.0 Å². The van der Waals surface area contributed by atoms with Gasteiger partial charge in [0.1, 0.15) is 5.82 Å². The fourth-order valence-corrected chi connectivity index (χ4v) is 1.67. The molecule has 90 valence electrons. The van der Waals surface area contributed by atoms with Crippen LogP contribution in [-0.4, -0.2) is 6.04 Å². The highest BCUT2D eigenvalue weighted by Crippen LogP contribution is 2.28. The molecule has 0 aromatic heterocycles. The summed E-state index contributed by atoms with van der Waals surface area (Å²) in [5.41, 5.74) is 6.96. The standard InChI is InChI=1S/C13H19ClFN/c1-4-13(2,3)12(16)8-9-7-10(15)5-6-11(9)14/h5-7,12H,4,8,16H2,1-3H3. The topological polar surface area (TPSA) is 26.0 Å². The first-order valence-electron chi connectivity index (χ1n) is 5.56. The van der Waals surface area contributed by atoms with E-state index in [9.17, 15) is 4.39 Å². The van der Waals surface area contributed by atoms with Crippen LogP contribution in [0.1, 0.15) is 32.8 Å². The summed E-state index contributed by atoms with van der Waals surface area (Å²) >= 11 is 6.01. The highest BCUT2D eigenvalue weighted by molar-refractivity contribution is 6.31. The SMILES string of the molecule is CCC(C)(C)C(N)Cc1cc(F)ccc1Cl. The van der Waals surface area contributed by atoms with Gasteiger partial charge in [0.05, 0.1) is 0 Å². The van der Waals surface area contributed by atoms with E-state index in [0.29, 0.717) is 11.4 Å². The normalized spacial score (nSPS) is 13.9. The van der Waals surface area contributed by atoms with Crippen molar-refractivity contribution in [3.8, 4) is 0 Å². The first kappa shape index (κ1) is 13.5. The molecule has 0 radical (unpaired) electrons. The van der Waals surface area contributed by atoms with Gasteiger partial charge in [0.15, 0.2) is 0 Å². The van der Waals surface area contributed by atoms with Gasteiger partial charge in [-0.05, 0) is 42.0 Å². The Labute approximate surface area is 102 Å². The lowest BCUT2D eigenvalue weighted by molar-refractivity contribution is 0.272. The molecule has 0 aliphatic heterocycles. The summed E-state index contributed by atoms with van der Waals surface area (Å²) < 4.78 is 13.1. The van der Waals surface area contributed by atoms with Crippen LogP contribution in [0, 0.1) is 11.2 Å². The van der Waals surface area contributed by atoms with Crippen LogP contribution in [0.15, 0.2) is 18.2 Å². The number of halogens is 2. The lowest BCUT2D eigenvalue weighted by Crippen LogP contribution is -2.38. The van der Waals surface area contributed by atoms with Gasteiger partial charge in [-0.15, -0.1) is 0 Å². The summed E-state index contributed by atoms with van der Waals surface area (Å²) in [6.07, 6.45) is 1.60. The Morgan fingerprint density at radius 1 is 1.44 bits per heavy atom. The fraction of sp³-hybridized carbons (Fsp3) is 0.538. The zero-order chi connectivity index (χ0) is 12.3. The van der Waals surface area contributed by atoms with E-state index in [4.69, 9.17) is 17.3 Å². The average molecular weight is 244 g/mol. The Balaban J connectivity index is 2.84. The second kappa shape index (κ2) is 5.15. The van der Waals surface area contributed by atoms with Crippen LogP contribution in [0.5, 0.6) is 0 Å². The lowest BCUT2D eigenvalue weighted by atomic mass is 9.79. The van der Waals surface area contributed by atoms with Crippen molar-refractivity contribution in [1.29, 1.82) is 0 Å². The number of benzene rings is 1. The Hall–Kier alpha value is -0.600. The van der Waals surface area contributed by atoms with E-state index in [1.165, 1.54) is 12.1 Å². The highest BCUT2D eigenvalue weighted by Gasteiger charge is 2.25. The zero-order valence-electron chi connectivity index (χ0n) is 10.1. The summed E-state index contributed by atoms with van der Waals surface area (Å²) in [5.74, 6) is -0.263. The molecule has 1 atom stereocenters. The molecule has 2 N–H and O–H groups in total. The number of hydrogen-bond donors (Lipinski definition) is 1. The molecule has 1 aromatic carbocycles. The van der Waals surface area contributed by atoms with Crippen LogP contribution >= 0.6 is 11.6 Å². The van der Waals surface area contributed by atoms with Crippen molar-refractivity contribution in [2.45, 2.75) is 39.7 Å². The van der Waals surface area contributed by atoms with Gasteiger partial charge in [-0.25, -0.2) is 4.39 Å². The van der Waals surface area contributed by atoms with Gasteiger partial charge in [-0.3, -0.25) is 0 Å². The number of nitrogens with two attached hydrogens (primary N) is 1. The molecule has 16 heavy (non-hydrogen) atoms. The third-order valence-electron chi connectivity index (χ3n) is 3.36. The predicted molar refractivity (Wildman–Crippen MR) is 67.2 cm³/mol. The third kappa shape index (κ3) is 3.19. The Kier molecular flexibility index (Phi) is 4.34. The minimum Gasteiger partial charge on any atom is -0.327 e. The van der Waals surface area contributed by atoms with Crippen molar-refractivity contribution in [1.82, 2.24) is 0 Å². The van der Waals surface area contributed by atoms with Gasteiger partial charge < -0.3 is 5.73 Å². The summed E-state index contributed by atoms with van der Waals surface area (Å²) in [7, 11) is 0. The molecule has 1 nitrogen and oxygen atoms in total. The van der Waals surface area contributed by atoms with Crippen LogP contribution in [0.2, 0.25) is 5.02 Å². The number of rotatable bonds is 4. The maximum Gasteiger partial charge on any atom is 0.123 e. The maximum atomic E-state index is 13.1. The van der Waals surface area contributed by atoms with E-state index >= 15 is 0 Å². The first-order chi connectivity index (χ1) is 7.36. The molecule has 0 spiro atoms. The largest absolute Gasteiger partial charge is 0.327 e. The van der Waals surface area contributed by atoms with Gasteiger partial charge in [0.25, 0.3) is 0 Å². The molecule has 0 bridgehead atoms. The van der Waals surface area contributed by atoms with E-state index in [-0.39, 0.29) is 17.3 Å². The third-order valence-corrected chi connectivity index (χ3v) is 3.73. The van der Waals surface area contributed by atoms with E-state index in [1.807, 2.05) is 0 Å². The molecule has 0 saturated heterocycles. The predicted octanol–water partition coefficient (Wildman–Crippen LogP) is 3.79. The van der Waals surface area contributed by atoms with Crippen molar-refractivity contribution < 1.29 is 4.39 Å². The van der Waals surface area contributed by atoms with Crippen LogP contribution in [-0.2, 0) is 6.42 Å². The van der Waals surface area contributed by atoms with Crippen molar-refractivity contribution in [2.75, 3.05) is 0 Å². The molecule has 0 aliphatic carbocycles. The smallest absolute Gasteiger partial charge is 0.123 e. The minimum atomic E-state index is -0.263. The average Bonchev–Trinajstić information content (AvgIpc) is 2.23. The highest BCUT2D eigenvalue weighted by atomic mass is 35.5. The minimum absolute atomic E-state index is 0.0169. The molecule has 0 fully saturated rings.